The monoisotopic (exact) mass is 285 g/mol. The van der Waals surface area contributed by atoms with Gasteiger partial charge in [-0.05, 0) is 31.0 Å². The molecule has 1 heterocycles. The zero-order chi connectivity index (χ0) is 14.4. The van der Waals surface area contributed by atoms with Gasteiger partial charge in [-0.15, -0.1) is 0 Å². The third-order valence-electron chi connectivity index (χ3n) is 3.34. The normalized spacial score (nSPS) is 25.2. The third-order valence-corrected chi connectivity index (χ3v) is 3.34. The van der Waals surface area contributed by atoms with Gasteiger partial charge in [0.15, 0.2) is 0 Å². The number of nitrogens with one attached hydrogen (secondary N) is 1. The van der Waals surface area contributed by atoms with E-state index in [9.17, 15) is 17.6 Å². The van der Waals surface area contributed by atoms with Gasteiger partial charge < -0.3 is 10.1 Å². The second-order valence-electron chi connectivity index (χ2n) is 4.88. The quantitative estimate of drug-likeness (QED) is 0.582. The number of anilines is 1. The van der Waals surface area contributed by atoms with E-state index in [2.05, 4.69) is 17.2 Å². The highest BCUT2D eigenvalue weighted by molar-refractivity contribution is 5.59. The Labute approximate surface area is 113 Å². The Kier molecular flexibility index (Phi) is 2.91. The molecule has 106 valence electrons. The lowest BCUT2D eigenvalue weighted by Gasteiger charge is -2.36. The minimum Gasteiger partial charge on any atom is -0.362 e. The van der Waals surface area contributed by atoms with E-state index < -0.39 is 17.6 Å². The Hall–Kier alpha value is -1.74. The fourth-order valence-electron chi connectivity index (χ4n) is 2.10. The van der Waals surface area contributed by atoms with Crippen LogP contribution in [0.3, 0.4) is 0 Å². The SMILES string of the molecule is Fc1ccc2c(c1)[C@](C#CC1CC1)(C(F)(F)F)OCN2. The van der Waals surface area contributed by atoms with Gasteiger partial charge in [-0.25, -0.2) is 4.39 Å². The molecule has 0 radical (unpaired) electrons. The number of halogens is 4. The maximum absolute atomic E-state index is 13.5. The van der Waals surface area contributed by atoms with Crippen molar-refractivity contribution < 1.29 is 22.3 Å². The van der Waals surface area contributed by atoms with E-state index in [1.54, 1.807) is 0 Å². The maximum Gasteiger partial charge on any atom is 0.433 e. The number of hydrogen-bond donors (Lipinski definition) is 1. The smallest absolute Gasteiger partial charge is 0.362 e. The van der Waals surface area contributed by atoms with Crippen molar-refractivity contribution >= 4 is 5.69 Å². The molecule has 1 aliphatic heterocycles. The lowest BCUT2D eigenvalue weighted by molar-refractivity contribution is -0.259. The first-order valence-corrected chi connectivity index (χ1v) is 6.20. The fourth-order valence-corrected chi connectivity index (χ4v) is 2.10. The molecule has 6 heteroatoms. The second-order valence-corrected chi connectivity index (χ2v) is 4.88. The first-order chi connectivity index (χ1) is 9.42. The van der Waals surface area contributed by atoms with E-state index in [0.29, 0.717) is 0 Å². The van der Waals surface area contributed by atoms with Crippen molar-refractivity contribution in [3.8, 4) is 11.8 Å². The summed E-state index contributed by atoms with van der Waals surface area (Å²) >= 11 is 0. The highest BCUT2D eigenvalue weighted by Gasteiger charge is 2.59. The van der Waals surface area contributed by atoms with Crippen molar-refractivity contribution in [1.82, 2.24) is 0 Å². The Morgan fingerprint density at radius 2 is 2.05 bits per heavy atom. The molecule has 1 atom stereocenters. The van der Waals surface area contributed by atoms with Crippen LogP contribution in [0.4, 0.5) is 23.2 Å². The summed E-state index contributed by atoms with van der Waals surface area (Å²) in [5.41, 5.74) is -2.87. The van der Waals surface area contributed by atoms with Gasteiger partial charge >= 0.3 is 6.18 Å². The summed E-state index contributed by atoms with van der Waals surface area (Å²) in [6.07, 6.45) is -3.13. The van der Waals surface area contributed by atoms with E-state index in [0.717, 1.165) is 25.0 Å². The first-order valence-electron chi connectivity index (χ1n) is 6.20. The van der Waals surface area contributed by atoms with E-state index in [-0.39, 0.29) is 23.9 Å². The molecule has 0 unspecified atom stereocenters. The molecular formula is C14H11F4NO. The van der Waals surface area contributed by atoms with Crippen LogP contribution in [0.1, 0.15) is 18.4 Å². The lowest BCUT2D eigenvalue weighted by atomic mass is 9.90. The van der Waals surface area contributed by atoms with Crippen LogP contribution in [0.25, 0.3) is 0 Å². The number of alkyl halides is 3. The summed E-state index contributed by atoms with van der Waals surface area (Å²) in [6.45, 7) is -0.322. The van der Waals surface area contributed by atoms with Gasteiger partial charge in [0.05, 0.1) is 0 Å². The van der Waals surface area contributed by atoms with Crippen molar-refractivity contribution in [3.63, 3.8) is 0 Å². The average Bonchev–Trinajstić information content (AvgIpc) is 3.19. The highest BCUT2D eigenvalue weighted by Crippen LogP contribution is 2.47. The van der Waals surface area contributed by atoms with Gasteiger partial charge in [-0.3, -0.25) is 0 Å². The topological polar surface area (TPSA) is 21.3 Å². The lowest BCUT2D eigenvalue weighted by Crippen LogP contribution is -2.47. The number of ether oxygens (including phenoxy) is 1. The summed E-state index contributed by atoms with van der Waals surface area (Å²) in [6, 6.07) is 3.20. The molecule has 1 N–H and O–H groups in total. The molecule has 20 heavy (non-hydrogen) atoms. The predicted octanol–water partition coefficient (Wildman–Crippen LogP) is 3.40. The summed E-state index contributed by atoms with van der Waals surface area (Å²) in [5.74, 6) is 4.04. The van der Waals surface area contributed by atoms with E-state index >= 15 is 0 Å². The van der Waals surface area contributed by atoms with Gasteiger partial charge in [-0.2, -0.15) is 13.2 Å². The summed E-state index contributed by atoms with van der Waals surface area (Å²) < 4.78 is 58.8. The van der Waals surface area contributed by atoms with Gasteiger partial charge in [-0.1, -0.05) is 11.8 Å². The average molecular weight is 285 g/mol. The number of hydrogen-bond acceptors (Lipinski definition) is 2. The Morgan fingerprint density at radius 3 is 2.70 bits per heavy atom. The van der Waals surface area contributed by atoms with Crippen molar-refractivity contribution in [2.24, 2.45) is 5.92 Å². The molecule has 1 aromatic rings. The second kappa shape index (κ2) is 4.38. The molecule has 1 fully saturated rings. The van der Waals surface area contributed by atoms with Gasteiger partial charge in [0.1, 0.15) is 12.5 Å². The molecule has 0 amide bonds. The summed E-state index contributed by atoms with van der Waals surface area (Å²) in [7, 11) is 0. The van der Waals surface area contributed by atoms with Crippen molar-refractivity contribution in [1.29, 1.82) is 0 Å². The fraction of sp³-hybridized carbons (Fsp3) is 0.429. The number of rotatable bonds is 0. The largest absolute Gasteiger partial charge is 0.433 e. The van der Waals surface area contributed by atoms with Crippen molar-refractivity contribution in [3.05, 3.63) is 29.6 Å². The Bertz CT molecular complexity index is 597. The molecule has 0 bridgehead atoms. The van der Waals surface area contributed by atoms with Crippen LogP contribution < -0.4 is 5.32 Å². The van der Waals surface area contributed by atoms with Crippen LogP contribution in [0.15, 0.2) is 18.2 Å². The van der Waals surface area contributed by atoms with Gasteiger partial charge in [0.25, 0.3) is 5.60 Å². The Morgan fingerprint density at radius 1 is 1.30 bits per heavy atom. The minimum absolute atomic E-state index is 0.00952. The molecule has 0 aromatic heterocycles. The zero-order valence-electron chi connectivity index (χ0n) is 10.4. The van der Waals surface area contributed by atoms with Crippen LogP contribution in [0, 0.1) is 23.6 Å². The third kappa shape index (κ3) is 2.12. The maximum atomic E-state index is 13.5. The summed E-state index contributed by atoms with van der Waals surface area (Å²) in [4.78, 5) is 0. The number of fused-ring (bicyclic) bond motifs is 1. The molecular weight excluding hydrogens is 274 g/mol. The van der Waals surface area contributed by atoms with E-state index in [1.165, 1.54) is 6.07 Å². The Balaban J connectivity index is 2.16. The molecule has 3 rings (SSSR count). The molecule has 1 aromatic carbocycles. The molecule has 0 spiro atoms. The van der Waals surface area contributed by atoms with Crippen molar-refractivity contribution in [2.45, 2.75) is 24.6 Å². The molecule has 1 saturated carbocycles. The molecule has 2 nitrogen and oxygen atoms in total. The van der Waals surface area contributed by atoms with Crippen molar-refractivity contribution in [2.75, 3.05) is 12.0 Å². The van der Waals surface area contributed by atoms with Gasteiger partial charge in [0.2, 0.25) is 0 Å². The predicted molar refractivity (Wildman–Crippen MR) is 64.2 cm³/mol. The minimum atomic E-state index is -4.74. The molecule has 0 saturated heterocycles. The van der Waals surface area contributed by atoms with Crippen LogP contribution in [0.2, 0.25) is 0 Å². The molecule has 2 aliphatic rings. The van der Waals surface area contributed by atoms with E-state index in [4.69, 9.17) is 4.74 Å². The number of benzene rings is 1. The van der Waals surface area contributed by atoms with Crippen LogP contribution in [-0.2, 0) is 10.3 Å². The standard InChI is InChI=1S/C14H11F4NO/c15-10-3-4-12-11(7-10)13(14(16,17)18,20-8-19-12)6-5-9-1-2-9/h3-4,7,9,19H,1-2,8H2/t13-/m1/s1. The summed E-state index contributed by atoms with van der Waals surface area (Å²) in [5, 5.41) is 2.66. The van der Waals surface area contributed by atoms with E-state index in [1.807, 2.05) is 0 Å². The zero-order valence-corrected chi connectivity index (χ0v) is 10.4. The highest BCUT2D eigenvalue weighted by atomic mass is 19.4. The first kappa shape index (κ1) is 13.3. The van der Waals surface area contributed by atoms with Crippen LogP contribution in [0.5, 0.6) is 0 Å². The van der Waals surface area contributed by atoms with Crippen LogP contribution in [-0.4, -0.2) is 12.9 Å². The van der Waals surface area contributed by atoms with Gasteiger partial charge in [0, 0.05) is 17.2 Å². The van der Waals surface area contributed by atoms with Crippen LogP contribution >= 0.6 is 0 Å². The molecule has 1 aliphatic carbocycles.